The van der Waals surface area contributed by atoms with Crippen molar-refractivity contribution < 1.29 is 43.7 Å². The van der Waals surface area contributed by atoms with Gasteiger partial charge in [-0.2, -0.15) is 17.2 Å². The highest BCUT2D eigenvalue weighted by atomic mass is 32.3. The third kappa shape index (κ3) is 4.51. The Hall–Kier alpha value is -0.470. The lowest BCUT2D eigenvalue weighted by molar-refractivity contribution is -0.0145. The van der Waals surface area contributed by atoms with E-state index in [9.17, 15) is 30.0 Å². The highest BCUT2D eigenvalue weighted by Crippen LogP contribution is 2.59. The first kappa shape index (κ1) is 22.7. The van der Waals surface area contributed by atoms with Crippen LogP contribution in [0, 0.1) is 23.7 Å². The fourth-order valence-electron chi connectivity index (χ4n) is 5.39. The molecular weight excluding hydrogens is 451 g/mol. The van der Waals surface area contributed by atoms with Crippen LogP contribution in [0.3, 0.4) is 0 Å². The van der Waals surface area contributed by atoms with Crippen molar-refractivity contribution in [2.75, 3.05) is 19.8 Å². The van der Waals surface area contributed by atoms with E-state index in [1.54, 1.807) is 0 Å². The van der Waals surface area contributed by atoms with Gasteiger partial charge < -0.3 is 9.47 Å². The van der Waals surface area contributed by atoms with Crippen molar-refractivity contribution in [3.8, 4) is 0 Å². The van der Waals surface area contributed by atoms with Crippen molar-refractivity contribution in [3.63, 3.8) is 0 Å². The molecule has 0 amide bonds. The predicted octanol–water partition coefficient (Wildman–Crippen LogP) is 1.73. The van der Waals surface area contributed by atoms with Crippen molar-refractivity contribution in [2.45, 2.75) is 62.2 Å². The number of epoxide rings is 1. The fourth-order valence-corrected chi connectivity index (χ4v) is 8.07. The van der Waals surface area contributed by atoms with Crippen LogP contribution in [0.2, 0.25) is 0 Å². The van der Waals surface area contributed by atoms with E-state index in [0.29, 0.717) is 30.8 Å². The van der Waals surface area contributed by atoms with Crippen molar-refractivity contribution in [1.82, 2.24) is 4.13 Å². The maximum atomic E-state index is 14.1. The second-order valence-electron chi connectivity index (χ2n) is 8.68. The van der Waals surface area contributed by atoms with Crippen LogP contribution in [0.25, 0.3) is 0 Å². The summed E-state index contributed by atoms with van der Waals surface area (Å²) >= 11 is 0. The first-order valence-corrected chi connectivity index (χ1v) is 13.1. The molecule has 0 aromatic heterocycles. The van der Waals surface area contributed by atoms with Crippen molar-refractivity contribution >= 4 is 20.3 Å². The maximum Gasteiger partial charge on any atom is 0.390 e. The van der Waals surface area contributed by atoms with E-state index in [4.69, 9.17) is 13.7 Å². The van der Waals surface area contributed by atoms with Gasteiger partial charge in [0.05, 0.1) is 19.3 Å². The minimum absolute atomic E-state index is 0.0243. The van der Waals surface area contributed by atoms with E-state index in [-0.39, 0.29) is 18.6 Å². The molecule has 7 atom stereocenters. The first-order valence-electron chi connectivity index (χ1n) is 10.2. The van der Waals surface area contributed by atoms with Crippen LogP contribution in [0.5, 0.6) is 0 Å². The van der Waals surface area contributed by atoms with E-state index in [0.717, 1.165) is 29.8 Å². The molecule has 8 nitrogen and oxygen atoms in total. The van der Waals surface area contributed by atoms with E-state index >= 15 is 0 Å². The summed E-state index contributed by atoms with van der Waals surface area (Å²) < 4.78 is 106. The Labute approximate surface area is 174 Å². The molecule has 3 aliphatic carbocycles. The van der Waals surface area contributed by atoms with Gasteiger partial charge >= 0.3 is 15.6 Å². The van der Waals surface area contributed by atoms with Crippen molar-refractivity contribution in [3.05, 3.63) is 0 Å². The van der Waals surface area contributed by atoms with Crippen molar-refractivity contribution in [2.24, 2.45) is 23.7 Å². The van der Waals surface area contributed by atoms with E-state index in [2.05, 4.69) is 0 Å². The van der Waals surface area contributed by atoms with Gasteiger partial charge in [-0.3, -0.25) is 4.18 Å². The zero-order valence-electron chi connectivity index (χ0n) is 16.2. The SMILES string of the molecule is O=S(=O)(NS(=O)(=O)C(F)(F)C(F)CCOCC1CO1)OC1CC2CC1C1CCCC21. The molecule has 0 spiro atoms. The van der Waals surface area contributed by atoms with E-state index in [1.807, 2.05) is 0 Å². The highest BCUT2D eigenvalue weighted by molar-refractivity contribution is 8.03. The summed E-state index contributed by atoms with van der Waals surface area (Å²) in [5.41, 5.74) is 0. The number of fused-ring (bicyclic) bond motifs is 5. The quantitative estimate of drug-likeness (QED) is 0.356. The van der Waals surface area contributed by atoms with Crippen molar-refractivity contribution in [1.29, 1.82) is 0 Å². The molecule has 1 heterocycles. The number of halogens is 3. The lowest BCUT2D eigenvalue weighted by Crippen LogP contribution is -2.49. The van der Waals surface area contributed by atoms with Gasteiger partial charge in [-0.05, 0) is 49.4 Å². The van der Waals surface area contributed by atoms with Crippen LogP contribution >= 0.6 is 0 Å². The van der Waals surface area contributed by atoms with Gasteiger partial charge in [0.2, 0.25) is 0 Å². The molecule has 3 saturated carbocycles. The Morgan fingerprint density at radius 1 is 1.10 bits per heavy atom. The molecule has 1 aliphatic heterocycles. The molecule has 0 radical (unpaired) electrons. The summed E-state index contributed by atoms with van der Waals surface area (Å²) in [6.07, 6.45) is -0.572. The van der Waals surface area contributed by atoms with Crippen LogP contribution in [0.4, 0.5) is 13.2 Å². The summed E-state index contributed by atoms with van der Waals surface area (Å²) in [5.74, 6) is 1.17. The molecule has 4 fully saturated rings. The number of hydrogen-bond donors (Lipinski definition) is 1. The smallest absolute Gasteiger partial charge is 0.379 e. The minimum Gasteiger partial charge on any atom is -0.379 e. The summed E-state index contributed by atoms with van der Waals surface area (Å²) in [7, 11) is -10.9. The van der Waals surface area contributed by atoms with Crippen LogP contribution in [-0.2, 0) is 34.0 Å². The summed E-state index contributed by atoms with van der Waals surface area (Å²) in [6.45, 7) is 0.107. The molecule has 4 rings (SSSR count). The second-order valence-corrected chi connectivity index (χ2v) is 12.0. The standard InChI is InChI=1S/C17H26F3NO7S2/c18-16(4-5-26-8-11-9-27-11)17(19,20)29(22,23)21-30(24,25)28-15-7-10-6-14(15)13-3-1-2-12(10)13/h10-16,21H,1-9H2. The topological polar surface area (TPSA) is 111 Å². The molecule has 0 aromatic rings. The molecule has 1 saturated heterocycles. The number of alkyl halides is 3. The number of sulfonamides is 1. The predicted molar refractivity (Wildman–Crippen MR) is 97.9 cm³/mol. The zero-order valence-corrected chi connectivity index (χ0v) is 17.8. The van der Waals surface area contributed by atoms with Gasteiger partial charge in [-0.1, -0.05) is 10.5 Å². The summed E-state index contributed by atoms with van der Waals surface area (Å²) in [5, 5.41) is -4.96. The van der Waals surface area contributed by atoms with Gasteiger partial charge in [0.25, 0.3) is 10.0 Å². The monoisotopic (exact) mass is 477 g/mol. The molecule has 2 bridgehead atoms. The fraction of sp³-hybridized carbons (Fsp3) is 1.00. The van der Waals surface area contributed by atoms with Crippen LogP contribution in [-0.4, -0.2) is 60.3 Å². The largest absolute Gasteiger partial charge is 0.390 e. The highest BCUT2D eigenvalue weighted by Gasteiger charge is 2.57. The third-order valence-corrected chi connectivity index (χ3v) is 9.94. The summed E-state index contributed by atoms with van der Waals surface area (Å²) in [6, 6.07) is 0. The zero-order chi connectivity index (χ0) is 21.7. The molecule has 0 aromatic carbocycles. The number of ether oxygens (including phenoxy) is 2. The first-order chi connectivity index (χ1) is 14.0. The Morgan fingerprint density at radius 2 is 1.80 bits per heavy atom. The lowest BCUT2D eigenvalue weighted by Gasteiger charge is -2.31. The average Bonchev–Trinajstić information content (AvgIpc) is 3.03. The number of rotatable bonds is 11. The Morgan fingerprint density at radius 3 is 2.50 bits per heavy atom. The molecule has 7 unspecified atom stereocenters. The number of nitrogens with one attached hydrogen (secondary N) is 1. The van der Waals surface area contributed by atoms with Crippen LogP contribution in [0.15, 0.2) is 0 Å². The number of hydrogen-bond acceptors (Lipinski definition) is 7. The Bertz CT molecular complexity index is 849. The van der Waals surface area contributed by atoms with Gasteiger partial charge in [0.15, 0.2) is 6.17 Å². The molecule has 1 N–H and O–H groups in total. The average molecular weight is 478 g/mol. The normalized spacial score (nSPS) is 36.8. The van der Waals surface area contributed by atoms with Crippen LogP contribution < -0.4 is 4.13 Å². The van der Waals surface area contributed by atoms with Gasteiger partial charge in [-0.25, -0.2) is 12.8 Å². The van der Waals surface area contributed by atoms with Gasteiger partial charge in [0, 0.05) is 13.0 Å². The second kappa shape index (κ2) is 8.14. The Kier molecular flexibility index (Phi) is 6.17. The molecule has 174 valence electrons. The third-order valence-electron chi connectivity index (χ3n) is 6.77. The molecule has 4 aliphatic rings. The lowest BCUT2D eigenvalue weighted by atomic mass is 9.80. The minimum atomic E-state index is -5.88. The summed E-state index contributed by atoms with van der Waals surface area (Å²) in [4.78, 5) is 0. The molecule has 13 heteroatoms. The maximum absolute atomic E-state index is 14.1. The van der Waals surface area contributed by atoms with Gasteiger partial charge in [0.1, 0.15) is 6.10 Å². The molecular formula is C17H26F3NO7S2. The van der Waals surface area contributed by atoms with E-state index < -0.39 is 50.9 Å². The Balaban J connectivity index is 1.32. The van der Waals surface area contributed by atoms with E-state index in [1.165, 1.54) is 0 Å². The van der Waals surface area contributed by atoms with Gasteiger partial charge in [-0.15, -0.1) is 0 Å². The molecule has 30 heavy (non-hydrogen) atoms. The van der Waals surface area contributed by atoms with Crippen LogP contribution in [0.1, 0.15) is 38.5 Å².